The minimum Gasteiger partial charge on any atom is -0.396 e. The van der Waals surface area contributed by atoms with Crippen LogP contribution in [0.2, 0.25) is 0 Å². The van der Waals surface area contributed by atoms with Crippen LogP contribution in [-0.4, -0.2) is 16.8 Å². The zero-order valence-electron chi connectivity index (χ0n) is 9.11. The van der Waals surface area contributed by atoms with Crippen LogP contribution in [0.5, 0.6) is 0 Å². The highest BCUT2D eigenvalue weighted by molar-refractivity contribution is 5.25. The van der Waals surface area contributed by atoms with Crippen molar-refractivity contribution in [2.45, 2.75) is 32.3 Å². The topological polar surface area (TPSA) is 40.5 Å². The molecule has 0 amide bonds. The van der Waals surface area contributed by atoms with Crippen LogP contribution < -0.4 is 0 Å². The molecule has 1 aliphatic rings. The van der Waals surface area contributed by atoms with Gasteiger partial charge in [0.25, 0.3) is 0 Å². The Bertz CT molecular complexity index is 319. The predicted octanol–water partition coefficient (Wildman–Crippen LogP) is 2.19. The van der Waals surface area contributed by atoms with E-state index in [1.807, 2.05) is 31.2 Å². The van der Waals surface area contributed by atoms with Gasteiger partial charge in [0.1, 0.15) is 0 Å². The highest BCUT2D eigenvalue weighted by Gasteiger charge is 2.43. The van der Waals surface area contributed by atoms with Crippen LogP contribution >= 0.6 is 0 Å². The summed E-state index contributed by atoms with van der Waals surface area (Å²) < 4.78 is 0. The fourth-order valence-electron chi connectivity index (χ4n) is 2.25. The first-order chi connectivity index (χ1) is 7.18. The number of aliphatic hydroxyl groups excluding tert-OH is 2. The van der Waals surface area contributed by atoms with E-state index < -0.39 is 6.10 Å². The molecule has 1 atom stereocenters. The smallest absolute Gasteiger partial charge is 0.0868 e. The molecule has 1 aromatic rings. The van der Waals surface area contributed by atoms with Gasteiger partial charge in [0.05, 0.1) is 12.7 Å². The third-order valence-electron chi connectivity index (χ3n) is 3.64. The molecular formula is C13H18O2. The standard InChI is InChI=1S/C13H18O2/c1-10-3-5-11(6-4-10)12(15)13(9-14)7-2-8-13/h3-6,12,14-15H,2,7-9H2,1H3. The van der Waals surface area contributed by atoms with Crippen LogP contribution in [0, 0.1) is 12.3 Å². The van der Waals surface area contributed by atoms with Crippen molar-refractivity contribution < 1.29 is 10.2 Å². The summed E-state index contributed by atoms with van der Waals surface area (Å²) in [7, 11) is 0. The summed E-state index contributed by atoms with van der Waals surface area (Å²) in [6.07, 6.45) is 2.46. The molecular weight excluding hydrogens is 188 g/mol. The lowest BCUT2D eigenvalue weighted by Crippen LogP contribution is -2.39. The molecule has 0 aromatic heterocycles. The number of aliphatic hydroxyl groups is 2. The Morgan fingerprint density at radius 2 is 1.87 bits per heavy atom. The fraction of sp³-hybridized carbons (Fsp3) is 0.538. The van der Waals surface area contributed by atoms with Crippen LogP contribution in [0.3, 0.4) is 0 Å². The Balaban J connectivity index is 2.19. The summed E-state index contributed by atoms with van der Waals surface area (Å²) in [6.45, 7) is 2.11. The molecule has 0 heterocycles. The normalized spacial score (nSPS) is 20.7. The Morgan fingerprint density at radius 1 is 1.27 bits per heavy atom. The average molecular weight is 206 g/mol. The van der Waals surface area contributed by atoms with Crippen molar-refractivity contribution in [1.29, 1.82) is 0 Å². The van der Waals surface area contributed by atoms with E-state index in [0.29, 0.717) is 0 Å². The minimum atomic E-state index is -0.517. The lowest BCUT2D eigenvalue weighted by atomic mass is 9.64. The summed E-state index contributed by atoms with van der Waals surface area (Å²) in [6, 6.07) is 7.91. The summed E-state index contributed by atoms with van der Waals surface area (Å²) in [4.78, 5) is 0. The first-order valence-electron chi connectivity index (χ1n) is 5.53. The van der Waals surface area contributed by atoms with Gasteiger partial charge >= 0.3 is 0 Å². The fourth-order valence-corrected chi connectivity index (χ4v) is 2.25. The molecule has 0 aliphatic heterocycles. The van der Waals surface area contributed by atoms with E-state index >= 15 is 0 Å². The van der Waals surface area contributed by atoms with Crippen molar-refractivity contribution in [2.75, 3.05) is 6.61 Å². The van der Waals surface area contributed by atoms with E-state index in [0.717, 1.165) is 24.8 Å². The van der Waals surface area contributed by atoms with E-state index in [4.69, 9.17) is 0 Å². The van der Waals surface area contributed by atoms with Crippen LogP contribution in [0.15, 0.2) is 24.3 Å². The van der Waals surface area contributed by atoms with Gasteiger partial charge in [0, 0.05) is 5.41 Å². The van der Waals surface area contributed by atoms with Gasteiger partial charge in [-0.2, -0.15) is 0 Å². The van der Waals surface area contributed by atoms with E-state index in [2.05, 4.69) is 0 Å². The molecule has 1 unspecified atom stereocenters. The van der Waals surface area contributed by atoms with Gasteiger partial charge in [-0.25, -0.2) is 0 Å². The second kappa shape index (κ2) is 3.95. The van der Waals surface area contributed by atoms with Crippen molar-refractivity contribution in [1.82, 2.24) is 0 Å². The van der Waals surface area contributed by atoms with Crippen LogP contribution in [0.4, 0.5) is 0 Å². The second-order valence-electron chi connectivity index (χ2n) is 4.69. The van der Waals surface area contributed by atoms with Crippen molar-refractivity contribution in [3.8, 4) is 0 Å². The van der Waals surface area contributed by atoms with Gasteiger partial charge in [-0.15, -0.1) is 0 Å². The molecule has 2 nitrogen and oxygen atoms in total. The van der Waals surface area contributed by atoms with E-state index in [1.54, 1.807) is 0 Å². The number of hydrogen-bond acceptors (Lipinski definition) is 2. The maximum atomic E-state index is 10.2. The van der Waals surface area contributed by atoms with Crippen molar-refractivity contribution in [3.63, 3.8) is 0 Å². The summed E-state index contributed by atoms with van der Waals surface area (Å²) in [5, 5.41) is 19.6. The molecule has 2 heteroatoms. The third-order valence-corrected chi connectivity index (χ3v) is 3.64. The third kappa shape index (κ3) is 1.80. The highest BCUT2D eigenvalue weighted by Crippen LogP contribution is 2.49. The molecule has 0 saturated heterocycles. The van der Waals surface area contributed by atoms with Gasteiger partial charge in [0.15, 0.2) is 0 Å². The Morgan fingerprint density at radius 3 is 2.27 bits per heavy atom. The zero-order chi connectivity index (χ0) is 10.9. The molecule has 1 saturated carbocycles. The van der Waals surface area contributed by atoms with Crippen molar-refractivity contribution in [2.24, 2.45) is 5.41 Å². The monoisotopic (exact) mass is 206 g/mol. The molecule has 2 N–H and O–H groups in total. The first-order valence-corrected chi connectivity index (χ1v) is 5.53. The van der Waals surface area contributed by atoms with Crippen molar-refractivity contribution in [3.05, 3.63) is 35.4 Å². The second-order valence-corrected chi connectivity index (χ2v) is 4.69. The summed E-state index contributed by atoms with van der Waals surface area (Å²) in [5.41, 5.74) is 1.85. The SMILES string of the molecule is Cc1ccc(C(O)C2(CO)CCC2)cc1. The van der Waals surface area contributed by atoms with E-state index in [9.17, 15) is 10.2 Å². The van der Waals surface area contributed by atoms with Gasteiger partial charge in [-0.3, -0.25) is 0 Å². The van der Waals surface area contributed by atoms with Crippen molar-refractivity contribution >= 4 is 0 Å². The summed E-state index contributed by atoms with van der Waals surface area (Å²) in [5.74, 6) is 0. The molecule has 0 bridgehead atoms. The van der Waals surface area contributed by atoms with Crippen LogP contribution in [0.25, 0.3) is 0 Å². The van der Waals surface area contributed by atoms with Crippen LogP contribution in [-0.2, 0) is 0 Å². The largest absolute Gasteiger partial charge is 0.396 e. The van der Waals surface area contributed by atoms with Gasteiger partial charge in [-0.1, -0.05) is 36.2 Å². The zero-order valence-corrected chi connectivity index (χ0v) is 9.11. The molecule has 0 spiro atoms. The minimum absolute atomic E-state index is 0.0854. The summed E-state index contributed by atoms with van der Waals surface area (Å²) >= 11 is 0. The molecule has 15 heavy (non-hydrogen) atoms. The maximum Gasteiger partial charge on any atom is 0.0868 e. The molecule has 0 radical (unpaired) electrons. The lowest BCUT2D eigenvalue weighted by molar-refractivity contribution is -0.0734. The lowest BCUT2D eigenvalue weighted by Gasteiger charge is -2.44. The predicted molar refractivity (Wildman–Crippen MR) is 59.5 cm³/mol. The molecule has 1 fully saturated rings. The number of aryl methyl sites for hydroxylation is 1. The molecule has 1 aromatic carbocycles. The van der Waals surface area contributed by atoms with Gasteiger partial charge in [-0.05, 0) is 25.3 Å². The van der Waals surface area contributed by atoms with E-state index in [-0.39, 0.29) is 12.0 Å². The molecule has 82 valence electrons. The number of hydrogen-bond donors (Lipinski definition) is 2. The van der Waals surface area contributed by atoms with Gasteiger partial charge in [0.2, 0.25) is 0 Å². The van der Waals surface area contributed by atoms with Gasteiger partial charge < -0.3 is 10.2 Å². The molecule has 1 aliphatic carbocycles. The highest BCUT2D eigenvalue weighted by atomic mass is 16.3. The average Bonchev–Trinajstić information content (AvgIpc) is 2.18. The Labute approximate surface area is 90.6 Å². The quantitative estimate of drug-likeness (QED) is 0.796. The maximum absolute atomic E-state index is 10.2. The Hall–Kier alpha value is -0.860. The number of rotatable bonds is 3. The van der Waals surface area contributed by atoms with E-state index in [1.165, 1.54) is 5.56 Å². The molecule has 2 rings (SSSR count). The van der Waals surface area contributed by atoms with Crippen LogP contribution in [0.1, 0.15) is 36.5 Å². The first kappa shape index (κ1) is 10.7. The Kier molecular flexibility index (Phi) is 2.81. The number of benzene rings is 1.